The lowest BCUT2D eigenvalue weighted by Crippen LogP contribution is -2.50. The van der Waals surface area contributed by atoms with Gasteiger partial charge in [0.1, 0.15) is 12.1 Å². The zero-order valence-electron chi connectivity index (χ0n) is 14.9. The summed E-state index contributed by atoms with van der Waals surface area (Å²) in [5, 5.41) is 6.24. The predicted molar refractivity (Wildman–Crippen MR) is 98.8 cm³/mol. The Morgan fingerprint density at radius 2 is 2.08 bits per heavy atom. The van der Waals surface area contributed by atoms with Crippen molar-refractivity contribution in [3.05, 3.63) is 34.9 Å². The topological polar surface area (TPSA) is 78.5 Å². The summed E-state index contributed by atoms with van der Waals surface area (Å²) in [5.41, 5.74) is 0.216. The maximum Gasteiger partial charge on any atom is 0.325 e. The van der Waals surface area contributed by atoms with E-state index < -0.39 is 11.6 Å². The summed E-state index contributed by atoms with van der Waals surface area (Å²) in [7, 11) is 0. The summed E-state index contributed by atoms with van der Waals surface area (Å²) in [4.78, 5) is 38.1. The van der Waals surface area contributed by atoms with E-state index in [4.69, 9.17) is 11.6 Å². The molecule has 6 nitrogen and oxygen atoms in total. The minimum Gasteiger partial charge on any atom is -0.354 e. The Morgan fingerprint density at radius 1 is 1.35 bits per heavy atom. The fourth-order valence-corrected chi connectivity index (χ4v) is 3.86. The average molecular weight is 378 g/mol. The molecular formula is C19H24ClN3O3. The number of hydrogen-bond donors (Lipinski definition) is 2. The largest absolute Gasteiger partial charge is 0.354 e. The molecule has 3 rings (SSSR count). The van der Waals surface area contributed by atoms with Crippen LogP contribution in [0.2, 0.25) is 5.02 Å². The molecule has 7 heteroatoms. The smallest absolute Gasteiger partial charge is 0.325 e. The fraction of sp³-hybridized carbons (Fsp3) is 0.526. The van der Waals surface area contributed by atoms with E-state index in [1.54, 1.807) is 6.07 Å². The van der Waals surface area contributed by atoms with Crippen LogP contribution in [0.15, 0.2) is 24.3 Å². The van der Waals surface area contributed by atoms with Gasteiger partial charge in [0.2, 0.25) is 5.91 Å². The molecule has 0 unspecified atom stereocenters. The van der Waals surface area contributed by atoms with Crippen LogP contribution < -0.4 is 10.6 Å². The Balaban J connectivity index is 1.51. The Labute approximate surface area is 158 Å². The van der Waals surface area contributed by atoms with Crippen LogP contribution in [0.5, 0.6) is 0 Å². The van der Waals surface area contributed by atoms with Gasteiger partial charge in [-0.1, -0.05) is 30.7 Å². The number of carbonyl (C=O) groups is 3. The van der Waals surface area contributed by atoms with Crippen molar-refractivity contribution in [1.29, 1.82) is 0 Å². The van der Waals surface area contributed by atoms with Crippen molar-refractivity contribution >= 4 is 29.4 Å². The summed E-state index contributed by atoms with van der Waals surface area (Å²) < 4.78 is 0. The number of nitrogens with zero attached hydrogens (tertiary/aromatic N) is 1. The first-order valence-corrected chi connectivity index (χ1v) is 9.43. The molecular weight excluding hydrogens is 354 g/mol. The van der Waals surface area contributed by atoms with Gasteiger partial charge in [0.25, 0.3) is 5.91 Å². The minimum atomic E-state index is -0.801. The van der Waals surface area contributed by atoms with Gasteiger partial charge in [-0.15, -0.1) is 0 Å². The van der Waals surface area contributed by atoms with Crippen LogP contribution in [0, 0.1) is 5.92 Å². The van der Waals surface area contributed by atoms with Crippen molar-refractivity contribution in [1.82, 2.24) is 15.5 Å². The van der Waals surface area contributed by atoms with Gasteiger partial charge in [0, 0.05) is 11.6 Å². The standard InChI is InChI=1S/C19H24ClN3O3/c1-13-5-8-19(9-6-13)17(25)23(18(26)22-19)12-16(24)21-10-7-14-3-2-4-15(20)11-14/h2-4,11,13H,5-10,12H2,1H3,(H,21,24)(H,22,26). The summed E-state index contributed by atoms with van der Waals surface area (Å²) >= 11 is 5.94. The Kier molecular flexibility index (Phi) is 5.51. The molecule has 0 bridgehead atoms. The molecule has 2 aliphatic rings. The van der Waals surface area contributed by atoms with E-state index in [0.29, 0.717) is 36.7 Å². The van der Waals surface area contributed by atoms with E-state index in [1.807, 2.05) is 18.2 Å². The number of hydrogen-bond acceptors (Lipinski definition) is 3. The van der Waals surface area contributed by atoms with Gasteiger partial charge in [-0.3, -0.25) is 14.5 Å². The molecule has 140 valence electrons. The fourth-order valence-electron chi connectivity index (χ4n) is 3.65. The number of rotatable bonds is 5. The van der Waals surface area contributed by atoms with E-state index in [9.17, 15) is 14.4 Å². The molecule has 1 aliphatic carbocycles. The number of nitrogens with one attached hydrogen (secondary N) is 2. The maximum absolute atomic E-state index is 12.7. The van der Waals surface area contributed by atoms with Gasteiger partial charge < -0.3 is 10.6 Å². The lowest BCUT2D eigenvalue weighted by atomic mass is 9.77. The van der Waals surface area contributed by atoms with Crippen molar-refractivity contribution in [3.8, 4) is 0 Å². The third kappa shape index (κ3) is 4.01. The molecule has 0 aromatic heterocycles. The molecule has 1 heterocycles. The molecule has 1 aromatic rings. The highest BCUT2D eigenvalue weighted by molar-refractivity contribution is 6.30. The number of imide groups is 1. The van der Waals surface area contributed by atoms with Crippen LogP contribution in [-0.2, 0) is 16.0 Å². The van der Waals surface area contributed by atoms with Crippen LogP contribution in [0.3, 0.4) is 0 Å². The van der Waals surface area contributed by atoms with Crippen LogP contribution in [0.25, 0.3) is 0 Å². The number of halogens is 1. The minimum absolute atomic E-state index is 0.239. The Bertz CT molecular complexity index is 714. The number of amides is 4. The highest BCUT2D eigenvalue weighted by Crippen LogP contribution is 2.36. The maximum atomic E-state index is 12.7. The highest BCUT2D eigenvalue weighted by atomic mass is 35.5. The molecule has 2 fully saturated rings. The summed E-state index contributed by atoms with van der Waals surface area (Å²) in [6.45, 7) is 2.34. The van der Waals surface area contributed by atoms with Crippen LogP contribution in [0.1, 0.15) is 38.2 Å². The molecule has 0 atom stereocenters. The van der Waals surface area contributed by atoms with Gasteiger partial charge in [-0.05, 0) is 55.7 Å². The molecule has 1 spiro atoms. The van der Waals surface area contributed by atoms with E-state index in [0.717, 1.165) is 23.3 Å². The summed E-state index contributed by atoms with van der Waals surface area (Å²) in [6.07, 6.45) is 3.74. The third-order valence-electron chi connectivity index (χ3n) is 5.30. The van der Waals surface area contributed by atoms with Gasteiger partial charge in [-0.2, -0.15) is 0 Å². The molecule has 26 heavy (non-hydrogen) atoms. The van der Waals surface area contributed by atoms with E-state index in [-0.39, 0.29) is 18.4 Å². The van der Waals surface area contributed by atoms with Gasteiger partial charge >= 0.3 is 6.03 Å². The van der Waals surface area contributed by atoms with Gasteiger partial charge in [0.15, 0.2) is 0 Å². The van der Waals surface area contributed by atoms with Gasteiger partial charge in [-0.25, -0.2) is 4.79 Å². The molecule has 2 N–H and O–H groups in total. The average Bonchev–Trinajstić information content (AvgIpc) is 2.82. The Morgan fingerprint density at radius 3 is 2.77 bits per heavy atom. The Hall–Kier alpha value is -2.08. The molecule has 1 saturated heterocycles. The monoisotopic (exact) mass is 377 g/mol. The lowest BCUT2D eigenvalue weighted by molar-refractivity contribution is -0.136. The summed E-state index contributed by atoms with van der Waals surface area (Å²) in [5.74, 6) is -0.0367. The normalized spacial score (nSPS) is 25.5. The predicted octanol–water partition coefficient (Wildman–Crippen LogP) is 2.50. The van der Waals surface area contributed by atoms with Crippen LogP contribution in [0.4, 0.5) is 4.79 Å². The number of benzene rings is 1. The summed E-state index contributed by atoms with van der Waals surface area (Å²) in [6, 6.07) is 6.97. The molecule has 0 radical (unpaired) electrons. The second-order valence-electron chi connectivity index (χ2n) is 7.32. The number of carbonyl (C=O) groups excluding carboxylic acids is 3. The van der Waals surface area contributed by atoms with E-state index >= 15 is 0 Å². The molecule has 4 amide bonds. The molecule has 1 saturated carbocycles. The van der Waals surface area contributed by atoms with Crippen molar-refractivity contribution in [3.63, 3.8) is 0 Å². The first kappa shape index (κ1) is 18.7. The van der Waals surface area contributed by atoms with Crippen molar-refractivity contribution in [2.75, 3.05) is 13.1 Å². The zero-order valence-corrected chi connectivity index (χ0v) is 15.6. The van der Waals surface area contributed by atoms with E-state index in [1.165, 1.54) is 0 Å². The van der Waals surface area contributed by atoms with E-state index in [2.05, 4.69) is 17.6 Å². The van der Waals surface area contributed by atoms with Crippen molar-refractivity contribution < 1.29 is 14.4 Å². The second kappa shape index (κ2) is 7.66. The quantitative estimate of drug-likeness (QED) is 0.774. The number of urea groups is 1. The van der Waals surface area contributed by atoms with Crippen LogP contribution >= 0.6 is 11.6 Å². The zero-order chi connectivity index (χ0) is 18.7. The molecule has 1 aromatic carbocycles. The third-order valence-corrected chi connectivity index (χ3v) is 5.54. The van der Waals surface area contributed by atoms with Crippen molar-refractivity contribution in [2.24, 2.45) is 5.92 Å². The highest BCUT2D eigenvalue weighted by Gasteiger charge is 2.52. The lowest BCUT2D eigenvalue weighted by Gasteiger charge is -2.33. The van der Waals surface area contributed by atoms with Crippen molar-refractivity contribution in [2.45, 2.75) is 44.6 Å². The second-order valence-corrected chi connectivity index (χ2v) is 7.75. The van der Waals surface area contributed by atoms with Gasteiger partial charge in [0.05, 0.1) is 0 Å². The molecule has 1 aliphatic heterocycles. The first-order chi connectivity index (χ1) is 12.4. The first-order valence-electron chi connectivity index (χ1n) is 9.05. The van der Waals surface area contributed by atoms with Crippen LogP contribution in [-0.4, -0.2) is 41.4 Å². The SMILES string of the molecule is CC1CCC2(CC1)NC(=O)N(CC(=O)NCCc1cccc(Cl)c1)C2=O.